The van der Waals surface area contributed by atoms with Crippen molar-refractivity contribution in [2.45, 2.75) is 5.92 Å². The van der Waals surface area contributed by atoms with Gasteiger partial charge in [0.15, 0.2) is 5.78 Å². The molecule has 0 aliphatic carbocycles. The van der Waals surface area contributed by atoms with Gasteiger partial charge in [-0.15, -0.1) is 0 Å². The summed E-state index contributed by atoms with van der Waals surface area (Å²) in [6, 6.07) is 8.63. The largest absolute Gasteiger partial charge is 0.292 e. The minimum absolute atomic E-state index is 0.182. The van der Waals surface area contributed by atoms with Crippen LogP contribution in [0.4, 0.5) is 8.78 Å². The molecular weight excluding hydrogens is 319 g/mol. The maximum absolute atomic E-state index is 13.6. The summed E-state index contributed by atoms with van der Waals surface area (Å²) in [7, 11) is 0. The van der Waals surface area contributed by atoms with E-state index >= 15 is 0 Å². The number of nitrogens with zero attached hydrogens (tertiary/aromatic N) is 1. The van der Waals surface area contributed by atoms with Crippen molar-refractivity contribution >= 4 is 29.0 Å². The van der Waals surface area contributed by atoms with Crippen LogP contribution >= 0.6 is 23.2 Å². The van der Waals surface area contributed by atoms with Crippen molar-refractivity contribution in [1.82, 2.24) is 0 Å². The summed E-state index contributed by atoms with van der Waals surface area (Å²) in [6.45, 7) is 0. The van der Waals surface area contributed by atoms with E-state index in [1.54, 1.807) is 6.07 Å². The van der Waals surface area contributed by atoms with Gasteiger partial charge >= 0.3 is 0 Å². The molecule has 21 heavy (non-hydrogen) atoms. The summed E-state index contributed by atoms with van der Waals surface area (Å²) in [5.41, 5.74) is -0.0605. The lowest BCUT2D eigenvalue weighted by Gasteiger charge is -2.10. The molecule has 0 aliphatic heterocycles. The fourth-order valence-electron chi connectivity index (χ4n) is 1.82. The summed E-state index contributed by atoms with van der Waals surface area (Å²) in [6.07, 6.45) is 0. The first-order valence-corrected chi connectivity index (χ1v) is 6.53. The highest BCUT2D eigenvalue weighted by Crippen LogP contribution is 2.28. The highest BCUT2D eigenvalue weighted by atomic mass is 35.5. The zero-order valence-electron chi connectivity index (χ0n) is 10.4. The van der Waals surface area contributed by atoms with Crippen LogP contribution in [-0.2, 0) is 0 Å². The van der Waals surface area contributed by atoms with Crippen LogP contribution in [0.25, 0.3) is 0 Å². The van der Waals surface area contributed by atoms with E-state index in [4.69, 9.17) is 23.2 Å². The van der Waals surface area contributed by atoms with Gasteiger partial charge in [0.25, 0.3) is 0 Å². The second kappa shape index (κ2) is 6.21. The first-order valence-electron chi connectivity index (χ1n) is 5.78. The lowest BCUT2D eigenvalue weighted by atomic mass is 9.91. The predicted octanol–water partition coefficient (Wildman–Crippen LogP) is 4.76. The van der Waals surface area contributed by atoms with Crippen molar-refractivity contribution in [2.75, 3.05) is 0 Å². The highest BCUT2D eigenvalue weighted by molar-refractivity contribution is 6.42. The van der Waals surface area contributed by atoms with Gasteiger partial charge in [-0.3, -0.25) is 4.79 Å². The topological polar surface area (TPSA) is 40.9 Å². The fraction of sp³-hybridized carbons (Fsp3) is 0.0667. The predicted molar refractivity (Wildman–Crippen MR) is 75.5 cm³/mol. The third-order valence-electron chi connectivity index (χ3n) is 2.86. The van der Waals surface area contributed by atoms with Crippen molar-refractivity contribution in [1.29, 1.82) is 5.26 Å². The number of hydrogen-bond acceptors (Lipinski definition) is 2. The van der Waals surface area contributed by atoms with Gasteiger partial charge in [-0.1, -0.05) is 29.3 Å². The molecule has 0 amide bonds. The smallest absolute Gasteiger partial charge is 0.187 e. The molecule has 0 aliphatic rings. The van der Waals surface area contributed by atoms with Crippen molar-refractivity contribution < 1.29 is 13.6 Å². The molecule has 0 N–H and O–H groups in total. The van der Waals surface area contributed by atoms with E-state index in [-0.39, 0.29) is 15.6 Å². The average molecular weight is 326 g/mol. The Hall–Kier alpha value is -1.96. The minimum atomic E-state index is -1.25. The van der Waals surface area contributed by atoms with Gasteiger partial charge in [0.1, 0.15) is 17.6 Å². The van der Waals surface area contributed by atoms with E-state index in [2.05, 4.69) is 0 Å². The molecule has 0 radical (unpaired) electrons. The first kappa shape index (κ1) is 15.4. The van der Waals surface area contributed by atoms with E-state index in [1.807, 2.05) is 0 Å². The molecule has 0 spiro atoms. The lowest BCUT2D eigenvalue weighted by Crippen LogP contribution is -2.13. The number of Topliss-reactive ketones (excluding diaryl/α,β-unsaturated/α-hetero) is 1. The van der Waals surface area contributed by atoms with Crippen LogP contribution in [-0.4, -0.2) is 5.78 Å². The van der Waals surface area contributed by atoms with Crippen LogP contribution in [0.1, 0.15) is 21.8 Å². The molecule has 0 aromatic heterocycles. The van der Waals surface area contributed by atoms with Crippen LogP contribution in [0.2, 0.25) is 10.0 Å². The highest BCUT2D eigenvalue weighted by Gasteiger charge is 2.25. The molecule has 1 unspecified atom stereocenters. The molecule has 2 rings (SSSR count). The Morgan fingerprint density at radius 1 is 1.10 bits per heavy atom. The number of halogens is 4. The van der Waals surface area contributed by atoms with Crippen LogP contribution in [0.3, 0.4) is 0 Å². The van der Waals surface area contributed by atoms with Gasteiger partial charge in [0, 0.05) is 6.07 Å². The maximum Gasteiger partial charge on any atom is 0.187 e. The molecule has 106 valence electrons. The fourth-order valence-corrected chi connectivity index (χ4v) is 2.13. The summed E-state index contributed by atoms with van der Waals surface area (Å²) in [5.74, 6) is -3.83. The van der Waals surface area contributed by atoms with Gasteiger partial charge in [-0.05, 0) is 29.8 Å². The van der Waals surface area contributed by atoms with Gasteiger partial charge < -0.3 is 0 Å². The second-order valence-electron chi connectivity index (χ2n) is 4.22. The molecule has 0 saturated heterocycles. The van der Waals surface area contributed by atoms with Crippen LogP contribution in [0.5, 0.6) is 0 Å². The van der Waals surface area contributed by atoms with Gasteiger partial charge in [-0.25, -0.2) is 8.78 Å². The zero-order chi connectivity index (χ0) is 15.6. The normalized spacial score (nSPS) is 11.8. The van der Waals surface area contributed by atoms with Crippen LogP contribution < -0.4 is 0 Å². The lowest BCUT2D eigenvalue weighted by molar-refractivity contribution is 0.0975. The quantitative estimate of drug-likeness (QED) is 0.763. The molecule has 0 bridgehead atoms. The summed E-state index contributed by atoms with van der Waals surface area (Å²) in [4.78, 5) is 12.2. The van der Waals surface area contributed by atoms with Gasteiger partial charge in [0.2, 0.25) is 0 Å². The molecule has 2 aromatic rings. The Bertz CT molecular complexity index is 756. The standard InChI is InChI=1S/C15H7Cl2F2NO/c16-12-4-1-8(5-13(12)17)11(7-20)15(21)10-3-2-9(18)6-14(10)19/h1-6,11H. The number of carbonyl (C=O) groups is 1. The Balaban J connectivity index is 2.43. The number of carbonyl (C=O) groups excluding carboxylic acids is 1. The molecule has 2 nitrogen and oxygen atoms in total. The van der Waals surface area contributed by atoms with E-state index < -0.39 is 23.3 Å². The second-order valence-corrected chi connectivity index (χ2v) is 5.04. The molecule has 0 heterocycles. The number of rotatable bonds is 3. The Kier molecular flexibility index (Phi) is 4.56. The molecule has 1 atom stereocenters. The van der Waals surface area contributed by atoms with Crippen molar-refractivity contribution in [2.24, 2.45) is 0 Å². The molecule has 0 saturated carbocycles. The summed E-state index contributed by atoms with van der Waals surface area (Å²) >= 11 is 11.6. The van der Waals surface area contributed by atoms with E-state index in [0.717, 1.165) is 12.1 Å². The molecule has 2 aromatic carbocycles. The molecule has 6 heteroatoms. The Morgan fingerprint density at radius 3 is 2.38 bits per heavy atom. The Morgan fingerprint density at radius 2 is 1.81 bits per heavy atom. The number of hydrogen-bond donors (Lipinski definition) is 0. The number of benzene rings is 2. The third kappa shape index (κ3) is 3.21. The average Bonchev–Trinajstić information content (AvgIpc) is 2.43. The van der Waals surface area contributed by atoms with Crippen LogP contribution in [0, 0.1) is 23.0 Å². The van der Waals surface area contributed by atoms with E-state index in [0.29, 0.717) is 11.6 Å². The SMILES string of the molecule is N#CC(C(=O)c1ccc(F)cc1F)c1ccc(Cl)c(Cl)c1. The van der Waals surface area contributed by atoms with Crippen LogP contribution in [0.15, 0.2) is 36.4 Å². The maximum atomic E-state index is 13.6. The minimum Gasteiger partial charge on any atom is -0.292 e. The van der Waals surface area contributed by atoms with Crippen molar-refractivity contribution in [3.8, 4) is 6.07 Å². The Labute approximate surface area is 129 Å². The van der Waals surface area contributed by atoms with Crippen molar-refractivity contribution in [3.63, 3.8) is 0 Å². The van der Waals surface area contributed by atoms with E-state index in [9.17, 15) is 18.8 Å². The van der Waals surface area contributed by atoms with Crippen molar-refractivity contribution in [3.05, 3.63) is 69.2 Å². The number of ketones is 1. The third-order valence-corrected chi connectivity index (χ3v) is 3.60. The van der Waals surface area contributed by atoms with Gasteiger partial charge in [0.05, 0.1) is 21.7 Å². The number of nitriles is 1. The molecular formula is C15H7Cl2F2NO. The monoisotopic (exact) mass is 325 g/mol. The summed E-state index contributed by atoms with van der Waals surface area (Å²) < 4.78 is 26.5. The summed E-state index contributed by atoms with van der Waals surface area (Å²) in [5, 5.41) is 9.63. The zero-order valence-corrected chi connectivity index (χ0v) is 11.9. The first-order chi connectivity index (χ1) is 9.93. The molecule has 0 fully saturated rings. The van der Waals surface area contributed by atoms with Gasteiger partial charge in [-0.2, -0.15) is 5.26 Å². The van der Waals surface area contributed by atoms with E-state index in [1.165, 1.54) is 18.2 Å².